The van der Waals surface area contributed by atoms with Gasteiger partial charge in [-0.3, -0.25) is 4.79 Å². The molecule has 6 heteroatoms. The normalized spacial score (nSPS) is 13.2. The van der Waals surface area contributed by atoms with Crippen molar-refractivity contribution in [3.8, 4) is 22.6 Å². The Balaban J connectivity index is 1.62. The van der Waals surface area contributed by atoms with Gasteiger partial charge in [0.1, 0.15) is 5.82 Å². The van der Waals surface area contributed by atoms with E-state index in [4.69, 9.17) is 9.47 Å². The molecule has 1 aromatic heterocycles. The molecule has 3 aromatic rings. The van der Waals surface area contributed by atoms with Crippen molar-refractivity contribution >= 4 is 17.4 Å². The van der Waals surface area contributed by atoms with Gasteiger partial charge in [-0.2, -0.15) is 0 Å². The molecular weight excluding hydrogens is 390 g/mol. The zero-order valence-electron chi connectivity index (χ0n) is 17.9. The van der Waals surface area contributed by atoms with E-state index in [1.165, 1.54) is 12.8 Å². The van der Waals surface area contributed by atoms with Crippen LogP contribution in [0.25, 0.3) is 11.1 Å². The highest BCUT2D eigenvalue weighted by Gasteiger charge is 2.19. The highest BCUT2D eigenvalue weighted by Crippen LogP contribution is 2.39. The van der Waals surface area contributed by atoms with Crippen LogP contribution in [0.4, 0.5) is 11.5 Å². The van der Waals surface area contributed by atoms with E-state index >= 15 is 0 Å². The average Bonchev–Trinajstić information content (AvgIpc) is 3.35. The van der Waals surface area contributed by atoms with E-state index in [0.717, 1.165) is 29.9 Å². The minimum absolute atomic E-state index is 0.248. The fourth-order valence-corrected chi connectivity index (χ4v) is 3.85. The summed E-state index contributed by atoms with van der Waals surface area (Å²) >= 11 is 0. The number of aromatic nitrogens is 1. The smallest absolute Gasteiger partial charge is 0.256 e. The lowest BCUT2D eigenvalue weighted by Gasteiger charge is -2.18. The van der Waals surface area contributed by atoms with Crippen molar-refractivity contribution in [3.63, 3.8) is 0 Å². The molecule has 1 aliphatic heterocycles. The van der Waals surface area contributed by atoms with E-state index in [0.29, 0.717) is 29.5 Å². The molecule has 1 N–H and O–H groups in total. The number of rotatable bonds is 7. The first-order valence-electron chi connectivity index (χ1n) is 10.6. The fraction of sp³-hybridized carbons (Fsp3) is 0.280. The van der Waals surface area contributed by atoms with Gasteiger partial charge in [-0.05, 0) is 49.6 Å². The SMILES string of the molecule is CCOc1cc(C(=O)Nc2ccc(N3CCCC3)cn2)cc(-c2ccccc2)c1OC. The number of benzene rings is 2. The predicted octanol–water partition coefficient (Wildman–Crippen LogP) is 5.01. The van der Waals surface area contributed by atoms with Crippen LogP contribution in [-0.2, 0) is 0 Å². The van der Waals surface area contributed by atoms with Crippen molar-refractivity contribution in [2.45, 2.75) is 19.8 Å². The first-order valence-corrected chi connectivity index (χ1v) is 10.6. The van der Waals surface area contributed by atoms with Gasteiger partial charge in [0, 0.05) is 24.2 Å². The summed E-state index contributed by atoms with van der Waals surface area (Å²) in [6.45, 7) is 4.48. The van der Waals surface area contributed by atoms with Crippen LogP contribution < -0.4 is 19.7 Å². The standard InChI is InChI=1S/C25H27N3O3/c1-3-31-22-16-19(15-21(24(22)30-2)18-9-5-4-6-10-18)25(29)27-23-12-11-20(17-26-23)28-13-7-8-14-28/h4-6,9-12,15-17H,3,7-8,13-14H2,1-2H3,(H,26,27,29). The number of carbonyl (C=O) groups excluding carboxylic acids is 1. The lowest BCUT2D eigenvalue weighted by atomic mass is 10.0. The Morgan fingerprint density at radius 3 is 2.52 bits per heavy atom. The molecule has 31 heavy (non-hydrogen) atoms. The van der Waals surface area contributed by atoms with Crippen molar-refractivity contribution in [2.24, 2.45) is 0 Å². The number of hydrogen-bond acceptors (Lipinski definition) is 5. The number of anilines is 2. The summed E-state index contributed by atoms with van der Waals surface area (Å²) in [6, 6.07) is 17.2. The Labute approximate surface area is 182 Å². The van der Waals surface area contributed by atoms with Gasteiger partial charge in [0.15, 0.2) is 11.5 Å². The molecule has 1 saturated heterocycles. The summed E-state index contributed by atoms with van der Waals surface area (Å²) in [7, 11) is 1.61. The van der Waals surface area contributed by atoms with Gasteiger partial charge in [0.25, 0.3) is 5.91 Å². The zero-order chi connectivity index (χ0) is 21.6. The molecule has 4 rings (SSSR count). The van der Waals surface area contributed by atoms with Gasteiger partial charge in [0.2, 0.25) is 0 Å². The molecule has 1 aliphatic rings. The van der Waals surface area contributed by atoms with E-state index < -0.39 is 0 Å². The van der Waals surface area contributed by atoms with Gasteiger partial charge in [-0.25, -0.2) is 4.98 Å². The highest BCUT2D eigenvalue weighted by atomic mass is 16.5. The molecule has 0 unspecified atom stereocenters. The van der Waals surface area contributed by atoms with Crippen molar-refractivity contribution in [3.05, 3.63) is 66.4 Å². The van der Waals surface area contributed by atoms with E-state index in [-0.39, 0.29) is 5.91 Å². The number of carbonyl (C=O) groups is 1. The number of ether oxygens (including phenoxy) is 2. The molecule has 0 saturated carbocycles. The molecule has 2 heterocycles. The van der Waals surface area contributed by atoms with Crippen LogP contribution in [0.2, 0.25) is 0 Å². The van der Waals surface area contributed by atoms with Crippen LogP contribution in [0.15, 0.2) is 60.8 Å². The summed E-state index contributed by atoms with van der Waals surface area (Å²) in [5.74, 6) is 1.41. The molecule has 1 fully saturated rings. The van der Waals surface area contributed by atoms with Gasteiger partial charge in [0.05, 0.1) is 25.6 Å². The van der Waals surface area contributed by atoms with E-state index in [1.54, 1.807) is 13.2 Å². The molecule has 2 aromatic carbocycles. The number of methoxy groups -OCH3 is 1. The first kappa shape index (κ1) is 20.7. The van der Waals surface area contributed by atoms with Crippen molar-refractivity contribution in [2.75, 3.05) is 37.0 Å². The molecule has 160 valence electrons. The van der Waals surface area contributed by atoms with Gasteiger partial charge >= 0.3 is 0 Å². The molecule has 1 amide bonds. The molecule has 0 atom stereocenters. The Kier molecular flexibility index (Phi) is 6.36. The maximum absolute atomic E-state index is 13.0. The predicted molar refractivity (Wildman–Crippen MR) is 123 cm³/mol. The summed E-state index contributed by atoms with van der Waals surface area (Å²) in [4.78, 5) is 19.8. The summed E-state index contributed by atoms with van der Waals surface area (Å²) < 4.78 is 11.4. The number of nitrogens with zero attached hydrogens (tertiary/aromatic N) is 2. The van der Waals surface area contributed by atoms with Crippen LogP contribution in [0.1, 0.15) is 30.1 Å². The number of hydrogen-bond donors (Lipinski definition) is 1. The van der Waals surface area contributed by atoms with Gasteiger partial charge in [-0.1, -0.05) is 30.3 Å². The van der Waals surface area contributed by atoms with Crippen LogP contribution in [0.5, 0.6) is 11.5 Å². The van der Waals surface area contributed by atoms with Gasteiger partial charge < -0.3 is 19.7 Å². The topological polar surface area (TPSA) is 63.7 Å². The number of amides is 1. The average molecular weight is 418 g/mol. The highest BCUT2D eigenvalue weighted by molar-refractivity contribution is 6.05. The minimum atomic E-state index is -0.248. The van der Waals surface area contributed by atoms with Crippen LogP contribution in [-0.4, -0.2) is 37.7 Å². The Hall–Kier alpha value is -3.54. The summed E-state index contributed by atoms with van der Waals surface area (Å²) in [6.07, 6.45) is 4.24. The zero-order valence-corrected chi connectivity index (χ0v) is 17.9. The Morgan fingerprint density at radius 2 is 1.87 bits per heavy atom. The van der Waals surface area contributed by atoms with E-state index in [9.17, 15) is 4.79 Å². The maximum Gasteiger partial charge on any atom is 0.256 e. The molecule has 0 bridgehead atoms. The van der Waals surface area contributed by atoms with E-state index in [2.05, 4.69) is 15.2 Å². The van der Waals surface area contributed by atoms with Crippen LogP contribution >= 0.6 is 0 Å². The Morgan fingerprint density at radius 1 is 1.10 bits per heavy atom. The van der Waals surface area contributed by atoms with Gasteiger partial charge in [-0.15, -0.1) is 0 Å². The van der Waals surface area contributed by atoms with Crippen LogP contribution in [0, 0.1) is 0 Å². The lowest BCUT2D eigenvalue weighted by molar-refractivity contribution is 0.102. The molecule has 0 spiro atoms. The third-order valence-electron chi connectivity index (χ3n) is 5.37. The molecule has 0 aliphatic carbocycles. The second-order valence-electron chi connectivity index (χ2n) is 7.40. The lowest BCUT2D eigenvalue weighted by Crippen LogP contribution is -2.18. The third-order valence-corrected chi connectivity index (χ3v) is 5.37. The van der Waals surface area contributed by atoms with Crippen molar-refractivity contribution in [1.82, 2.24) is 4.98 Å². The van der Waals surface area contributed by atoms with E-state index in [1.807, 2.05) is 61.7 Å². The molecular formula is C25H27N3O3. The quantitative estimate of drug-likeness (QED) is 0.586. The number of nitrogens with one attached hydrogen (secondary N) is 1. The molecule has 0 radical (unpaired) electrons. The minimum Gasteiger partial charge on any atom is -0.492 e. The number of pyridine rings is 1. The largest absolute Gasteiger partial charge is 0.492 e. The summed E-state index contributed by atoms with van der Waals surface area (Å²) in [5.41, 5.74) is 3.32. The fourth-order valence-electron chi connectivity index (χ4n) is 3.85. The van der Waals surface area contributed by atoms with Crippen molar-refractivity contribution < 1.29 is 14.3 Å². The second-order valence-corrected chi connectivity index (χ2v) is 7.40. The summed E-state index contributed by atoms with van der Waals surface area (Å²) in [5, 5.41) is 2.90. The van der Waals surface area contributed by atoms with Crippen LogP contribution in [0.3, 0.4) is 0 Å². The van der Waals surface area contributed by atoms with Crippen molar-refractivity contribution in [1.29, 1.82) is 0 Å². The Bertz CT molecular complexity index is 1030. The third kappa shape index (κ3) is 4.63. The molecule has 6 nitrogen and oxygen atoms in total. The monoisotopic (exact) mass is 417 g/mol. The maximum atomic E-state index is 13.0. The second kappa shape index (κ2) is 9.51. The first-order chi connectivity index (χ1) is 15.2.